The lowest BCUT2D eigenvalue weighted by atomic mass is 9.82. The van der Waals surface area contributed by atoms with Crippen LogP contribution in [0.15, 0.2) is 0 Å². The average molecular weight is 139 g/mol. The third-order valence-electron chi connectivity index (χ3n) is 1.82. The predicted octanol–water partition coefficient (Wildman–Crippen LogP) is -0.124. The van der Waals surface area contributed by atoms with Gasteiger partial charge in [0.05, 0.1) is 6.10 Å². The first-order chi connectivity index (χ1) is 4.86. The Balaban J connectivity index is 2.04. The Morgan fingerprint density at radius 2 is 2.30 bits per heavy atom. The SMILES string of the molecule is [O]C1CC(c2nn[nH]n2)C1. The van der Waals surface area contributed by atoms with E-state index in [-0.39, 0.29) is 5.92 Å². The molecule has 1 aromatic rings. The second kappa shape index (κ2) is 2.02. The normalized spacial score (nSPS) is 31.7. The number of aromatic nitrogens is 4. The van der Waals surface area contributed by atoms with Crippen molar-refractivity contribution in [3.8, 4) is 0 Å². The topological polar surface area (TPSA) is 74.4 Å². The molecule has 1 fully saturated rings. The number of aromatic amines is 1. The minimum atomic E-state index is -0.400. The van der Waals surface area contributed by atoms with Crippen molar-refractivity contribution in [3.63, 3.8) is 0 Å². The van der Waals surface area contributed by atoms with Crippen LogP contribution in [0.2, 0.25) is 0 Å². The summed E-state index contributed by atoms with van der Waals surface area (Å²) in [6.45, 7) is 0. The Hall–Kier alpha value is -0.970. The molecule has 0 spiro atoms. The van der Waals surface area contributed by atoms with E-state index in [4.69, 9.17) is 0 Å². The largest absolute Gasteiger partial charge is 0.233 e. The summed E-state index contributed by atoms with van der Waals surface area (Å²) in [6.07, 6.45) is 0.933. The minimum Gasteiger partial charge on any atom is -0.233 e. The molecule has 10 heavy (non-hydrogen) atoms. The summed E-state index contributed by atoms with van der Waals surface area (Å²) >= 11 is 0. The lowest BCUT2D eigenvalue weighted by Crippen LogP contribution is -2.26. The molecule has 1 heterocycles. The van der Waals surface area contributed by atoms with E-state index in [1.54, 1.807) is 0 Å². The van der Waals surface area contributed by atoms with E-state index in [0.29, 0.717) is 18.7 Å². The molecule has 0 aromatic carbocycles. The average Bonchev–Trinajstić information content (AvgIpc) is 2.31. The molecule has 0 aliphatic heterocycles. The zero-order chi connectivity index (χ0) is 6.97. The number of rotatable bonds is 1. The lowest BCUT2D eigenvalue weighted by molar-refractivity contribution is 0.00775. The Bertz CT molecular complexity index is 203. The quantitative estimate of drug-likeness (QED) is 0.589. The van der Waals surface area contributed by atoms with Crippen molar-refractivity contribution in [1.82, 2.24) is 20.6 Å². The van der Waals surface area contributed by atoms with Crippen LogP contribution in [0.1, 0.15) is 24.6 Å². The predicted molar refractivity (Wildman–Crippen MR) is 30.6 cm³/mol. The first-order valence-electron chi connectivity index (χ1n) is 3.25. The molecule has 0 saturated heterocycles. The van der Waals surface area contributed by atoms with Crippen LogP contribution < -0.4 is 0 Å². The van der Waals surface area contributed by atoms with Crippen molar-refractivity contribution in [2.75, 3.05) is 0 Å². The maximum absolute atomic E-state index is 10.6. The molecule has 1 aliphatic carbocycles. The van der Waals surface area contributed by atoms with Crippen LogP contribution in [0.25, 0.3) is 0 Å². The molecule has 0 unspecified atom stereocenters. The zero-order valence-electron chi connectivity index (χ0n) is 5.32. The summed E-state index contributed by atoms with van der Waals surface area (Å²) in [7, 11) is 0. The molecule has 5 heteroatoms. The molecule has 5 nitrogen and oxygen atoms in total. The fraction of sp³-hybridized carbons (Fsp3) is 0.800. The van der Waals surface area contributed by atoms with Crippen molar-refractivity contribution < 1.29 is 5.11 Å². The monoisotopic (exact) mass is 139 g/mol. The third-order valence-corrected chi connectivity index (χ3v) is 1.82. The van der Waals surface area contributed by atoms with Gasteiger partial charge in [-0.3, -0.25) is 0 Å². The Kier molecular flexibility index (Phi) is 1.17. The van der Waals surface area contributed by atoms with Gasteiger partial charge >= 0.3 is 0 Å². The summed E-state index contributed by atoms with van der Waals surface area (Å²) in [4.78, 5) is 0. The summed E-state index contributed by atoms with van der Waals surface area (Å²) in [6, 6.07) is 0. The number of hydrogen-bond donors (Lipinski definition) is 1. The summed E-state index contributed by atoms with van der Waals surface area (Å²) in [5, 5.41) is 23.9. The van der Waals surface area contributed by atoms with Gasteiger partial charge in [-0.2, -0.15) is 5.21 Å². The summed E-state index contributed by atoms with van der Waals surface area (Å²) in [5.74, 6) is 0.952. The van der Waals surface area contributed by atoms with Crippen LogP contribution >= 0.6 is 0 Å². The highest BCUT2D eigenvalue weighted by atomic mass is 16.3. The van der Waals surface area contributed by atoms with Gasteiger partial charge in [-0.05, 0) is 12.8 Å². The van der Waals surface area contributed by atoms with Crippen molar-refractivity contribution in [2.24, 2.45) is 0 Å². The highest BCUT2D eigenvalue weighted by Gasteiger charge is 2.32. The molecule has 0 atom stereocenters. The van der Waals surface area contributed by atoms with Crippen LogP contribution in [-0.2, 0) is 5.11 Å². The lowest BCUT2D eigenvalue weighted by Gasteiger charge is -2.26. The van der Waals surface area contributed by atoms with E-state index in [0.717, 1.165) is 0 Å². The second-order valence-electron chi connectivity index (χ2n) is 2.56. The second-order valence-corrected chi connectivity index (χ2v) is 2.56. The smallest absolute Gasteiger partial charge is 0.177 e. The fourth-order valence-corrected chi connectivity index (χ4v) is 1.12. The van der Waals surface area contributed by atoms with Crippen LogP contribution in [0.5, 0.6) is 0 Å². The van der Waals surface area contributed by atoms with Gasteiger partial charge in [0, 0.05) is 5.92 Å². The van der Waals surface area contributed by atoms with Gasteiger partial charge in [-0.15, -0.1) is 10.2 Å². The van der Waals surface area contributed by atoms with Gasteiger partial charge in [-0.1, -0.05) is 5.21 Å². The van der Waals surface area contributed by atoms with Crippen LogP contribution in [0.4, 0.5) is 0 Å². The number of nitrogens with zero attached hydrogens (tertiary/aromatic N) is 3. The van der Waals surface area contributed by atoms with Crippen molar-refractivity contribution in [3.05, 3.63) is 5.82 Å². The Labute approximate surface area is 57.5 Å². The van der Waals surface area contributed by atoms with E-state index >= 15 is 0 Å². The van der Waals surface area contributed by atoms with Gasteiger partial charge in [-0.25, -0.2) is 5.11 Å². The first-order valence-corrected chi connectivity index (χ1v) is 3.25. The number of hydrogen-bond acceptors (Lipinski definition) is 3. The standard InChI is InChI=1S/C5H7N4O/c10-4-1-3(2-4)5-6-8-9-7-5/h3-4H,1-2H2,(H,6,7,8,9). The fourth-order valence-electron chi connectivity index (χ4n) is 1.12. The van der Waals surface area contributed by atoms with E-state index in [9.17, 15) is 5.11 Å². The maximum Gasteiger partial charge on any atom is 0.177 e. The van der Waals surface area contributed by atoms with Crippen molar-refractivity contribution in [2.45, 2.75) is 24.9 Å². The van der Waals surface area contributed by atoms with E-state index in [1.165, 1.54) is 0 Å². The molecular weight excluding hydrogens is 132 g/mol. The van der Waals surface area contributed by atoms with Crippen LogP contribution in [0.3, 0.4) is 0 Å². The molecule has 1 saturated carbocycles. The third kappa shape index (κ3) is 0.786. The van der Waals surface area contributed by atoms with Crippen LogP contribution in [0, 0.1) is 0 Å². The molecular formula is C5H7N4O. The minimum absolute atomic E-state index is 0.265. The number of H-pyrrole nitrogens is 1. The van der Waals surface area contributed by atoms with E-state index in [2.05, 4.69) is 20.6 Å². The van der Waals surface area contributed by atoms with Crippen molar-refractivity contribution in [1.29, 1.82) is 0 Å². The molecule has 2 rings (SSSR count). The highest BCUT2D eigenvalue weighted by Crippen LogP contribution is 2.34. The number of nitrogens with one attached hydrogen (secondary N) is 1. The van der Waals surface area contributed by atoms with Gasteiger partial charge < -0.3 is 0 Å². The number of tetrazole rings is 1. The van der Waals surface area contributed by atoms with E-state index < -0.39 is 6.10 Å². The Morgan fingerprint density at radius 3 is 2.80 bits per heavy atom. The van der Waals surface area contributed by atoms with Gasteiger partial charge in [0.2, 0.25) is 0 Å². The molecule has 1 aliphatic rings. The molecule has 1 radical (unpaired) electrons. The van der Waals surface area contributed by atoms with Gasteiger partial charge in [0.1, 0.15) is 0 Å². The molecule has 1 aromatic heterocycles. The molecule has 0 bridgehead atoms. The molecule has 0 amide bonds. The highest BCUT2D eigenvalue weighted by molar-refractivity contribution is 4.99. The van der Waals surface area contributed by atoms with Gasteiger partial charge in [0.15, 0.2) is 5.82 Å². The van der Waals surface area contributed by atoms with Crippen LogP contribution in [-0.4, -0.2) is 26.7 Å². The maximum atomic E-state index is 10.6. The zero-order valence-corrected chi connectivity index (χ0v) is 5.32. The van der Waals surface area contributed by atoms with E-state index in [1.807, 2.05) is 0 Å². The molecule has 53 valence electrons. The molecule has 1 N–H and O–H groups in total. The summed E-state index contributed by atoms with van der Waals surface area (Å²) in [5.41, 5.74) is 0. The first kappa shape index (κ1) is 5.79. The summed E-state index contributed by atoms with van der Waals surface area (Å²) < 4.78 is 0. The van der Waals surface area contributed by atoms with Crippen molar-refractivity contribution >= 4 is 0 Å². The van der Waals surface area contributed by atoms with Gasteiger partial charge in [0.25, 0.3) is 0 Å². The Morgan fingerprint density at radius 1 is 1.50 bits per heavy atom.